The molecule has 0 saturated carbocycles. The summed E-state index contributed by atoms with van der Waals surface area (Å²) in [4.78, 5) is 16.6. The van der Waals surface area contributed by atoms with E-state index in [0.717, 1.165) is 22.8 Å². The first-order valence-corrected chi connectivity index (χ1v) is 8.75. The Labute approximate surface area is 156 Å². The molecule has 1 aliphatic heterocycles. The van der Waals surface area contributed by atoms with E-state index in [4.69, 9.17) is 20.2 Å². The maximum absolute atomic E-state index is 11.8. The minimum Gasteiger partial charge on any atom is -0.491 e. The minimum atomic E-state index is -0.400. The molecule has 0 saturated heterocycles. The summed E-state index contributed by atoms with van der Waals surface area (Å²) in [5.41, 5.74) is 9.58. The number of hydrogen-bond donors (Lipinski definition) is 1. The van der Waals surface area contributed by atoms with E-state index in [9.17, 15) is 4.79 Å². The second kappa shape index (κ2) is 6.46. The number of methoxy groups -OCH3 is 1. The Morgan fingerprint density at radius 3 is 2.93 bits per heavy atom. The molecule has 0 aliphatic carbocycles. The molecule has 3 heterocycles. The summed E-state index contributed by atoms with van der Waals surface area (Å²) in [7, 11) is 1.36. The fourth-order valence-corrected chi connectivity index (χ4v) is 3.27. The highest BCUT2D eigenvalue weighted by molar-refractivity contribution is 5.91. The standard InChI is InChI=1S/C19H21N5O3/c1-11(2)24-17(14(20)9-21-24)15-10-23-6-7-27-16-8-12(19(25)26-3)4-5-13(16)18(23)22-15/h4-5,8-11H,6-7,20H2,1-3H3. The monoisotopic (exact) mass is 367 g/mol. The van der Waals surface area contributed by atoms with E-state index in [0.29, 0.717) is 30.2 Å². The van der Waals surface area contributed by atoms with Crippen molar-refractivity contribution < 1.29 is 14.3 Å². The summed E-state index contributed by atoms with van der Waals surface area (Å²) < 4.78 is 14.5. The summed E-state index contributed by atoms with van der Waals surface area (Å²) in [5.74, 6) is 0.979. The first-order valence-electron chi connectivity index (χ1n) is 8.75. The van der Waals surface area contributed by atoms with Gasteiger partial charge in [0.25, 0.3) is 0 Å². The second-order valence-corrected chi connectivity index (χ2v) is 6.68. The first kappa shape index (κ1) is 17.1. The number of fused-ring (bicyclic) bond motifs is 3. The van der Waals surface area contributed by atoms with Crippen LogP contribution in [0.3, 0.4) is 0 Å². The van der Waals surface area contributed by atoms with Crippen LogP contribution in [0, 0.1) is 0 Å². The van der Waals surface area contributed by atoms with Crippen LogP contribution in [0.4, 0.5) is 5.69 Å². The molecule has 8 nitrogen and oxygen atoms in total. The predicted octanol–water partition coefficient (Wildman–Crippen LogP) is 2.76. The number of imidazole rings is 1. The number of aromatic nitrogens is 4. The molecular weight excluding hydrogens is 346 g/mol. The van der Waals surface area contributed by atoms with Gasteiger partial charge in [-0.15, -0.1) is 0 Å². The lowest BCUT2D eigenvalue weighted by atomic mass is 10.1. The number of ether oxygens (including phenoxy) is 2. The quantitative estimate of drug-likeness (QED) is 0.715. The van der Waals surface area contributed by atoms with Gasteiger partial charge in [0.1, 0.15) is 29.6 Å². The normalized spacial score (nSPS) is 12.9. The van der Waals surface area contributed by atoms with Crippen LogP contribution >= 0.6 is 0 Å². The third kappa shape index (κ3) is 2.83. The summed E-state index contributed by atoms with van der Waals surface area (Å²) in [6.07, 6.45) is 3.62. The molecule has 3 aromatic rings. The third-order valence-corrected chi connectivity index (χ3v) is 4.57. The molecule has 0 unspecified atom stereocenters. The Morgan fingerprint density at radius 2 is 2.19 bits per heavy atom. The largest absolute Gasteiger partial charge is 0.491 e. The van der Waals surface area contributed by atoms with Crippen molar-refractivity contribution in [1.82, 2.24) is 19.3 Å². The highest BCUT2D eigenvalue weighted by Gasteiger charge is 2.23. The SMILES string of the molecule is COC(=O)c1ccc2c(c1)OCCn1cc(-c3c(N)cnn3C(C)C)nc1-2. The Bertz CT molecular complexity index is 1020. The molecule has 4 rings (SSSR count). The maximum Gasteiger partial charge on any atom is 0.337 e. The molecule has 0 spiro atoms. The molecule has 2 N–H and O–H groups in total. The van der Waals surface area contributed by atoms with Gasteiger partial charge in [-0.25, -0.2) is 9.78 Å². The fraction of sp³-hybridized carbons (Fsp3) is 0.316. The Balaban J connectivity index is 1.83. The molecule has 0 atom stereocenters. The highest BCUT2D eigenvalue weighted by Crippen LogP contribution is 2.36. The molecule has 0 fully saturated rings. The van der Waals surface area contributed by atoms with Gasteiger partial charge in [0.2, 0.25) is 0 Å². The number of nitrogens with zero attached hydrogens (tertiary/aromatic N) is 4. The molecule has 0 radical (unpaired) electrons. The summed E-state index contributed by atoms with van der Waals surface area (Å²) in [6.45, 7) is 5.21. The molecule has 1 aromatic carbocycles. The van der Waals surface area contributed by atoms with Gasteiger partial charge in [-0.3, -0.25) is 4.68 Å². The van der Waals surface area contributed by atoms with Gasteiger partial charge in [-0.2, -0.15) is 5.10 Å². The number of rotatable bonds is 3. The molecule has 0 bridgehead atoms. The van der Waals surface area contributed by atoms with Crippen LogP contribution in [-0.4, -0.2) is 39.0 Å². The average molecular weight is 367 g/mol. The van der Waals surface area contributed by atoms with Crippen molar-refractivity contribution in [3.05, 3.63) is 36.2 Å². The summed E-state index contributed by atoms with van der Waals surface area (Å²) in [5, 5.41) is 4.37. The molecule has 8 heteroatoms. The van der Waals surface area contributed by atoms with Gasteiger partial charge in [0.15, 0.2) is 0 Å². The number of benzene rings is 1. The number of esters is 1. The van der Waals surface area contributed by atoms with E-state index >= 15 is 0 Å². The van der Waals surface area contributed by atoms with Gasteiger partial charge < -0.3 is 19.8 Å². The van der Waals surface area contributed by atoms with Crippen molar-refractivity contribution in [2.45, 2.75) is 26.4 Å². The van der Waals surface area contributed by atoms with Crippen molar-refractivity contribution in [3.8, 4) is 28.5 Å². The molecule has 0 amide bonds. The lowest BCUT2D eigenvalue weighted by Gasteiger charge is -2.10. The molecule has 1 aliphatic rings. The summed E-state index contributed by atoms with van der Waals surface area (Å²) in [6, 6.07) is 5.40. The number of carbonyl (C=O) groups is 1. The topological polar surface area (TPSA) is 97.2 Å². The smallest absolute Gasteiger partial charge is 0.337 e. The van der Waals surface area contributed by atoms with Crippen molar-refractivity contribution in [1.29, 1.82) is 0 Å². The third-order valence-electron chi connectivity index (χ3n) is 4.57. The van der Waals surface area contributed by atoms with E-state index in [2.05, 4.69) is 18.9 Å². The van der Waals surface area contributed by atoms with Crippen LogP contribution in [0.25, 0.3) is 22.8 Å². The highest BCUT2D eigenvalue weighted by atomic mass is 16.5. The van der Waals surface area contributed by atoms with Gasteiger partial charge in [-0.1, -0.05) is 0 Å². The van der Waals surface area contributed by atoms with Crippen LogP contribution in [0.1, 0.15) is 30.2 Å². The minimum absolute atomic E-state index is 0.164. The van der Waals surface area contributed by atoms with Crippen molar-refractivity contribution in [3.63, 3.8) is 0 Å². The van der Waals surface area contributed by atoms with Gasteiger partial charge in [0, 0.05) is 12.2 Å². The van der Waals surface area contributed by atoms with E-state index in [1.54, 1.807) is 18.3 Å². The number of hydrogen-bond acceptors (Lipinski definition) is 6. The van der Waals surface area contributed by atoms with Gasteiger partial charge in [0.05, 0.1) is 36.7 Å². The van der Waals surface area contributed by atoms with E-state index in [1.165, 1.54) is 7.11 Å². The molecule has 27 heavy (non-hydrogen) atoms. The zero-order valence-electron chi connectivity index (χ0n) is 15.5. The van der Waals surface area contributed by atoms with E-state index in [1.807, 2.05) is 21.5 Å². The van der Waals surface area contributed by atoms with Crippen molar-refractivity contribution >= 4 is 11.7 Å². The lowest BCUT2D eigenvalue weighted by Crippen LogP contribution is -2.06. The number of nitrogens with two attached hydrogens (primary N) is 1. The number of carbonyl (C=O) groups excluding carboxylic acids is 1. The van der Waals surface area contributed by atoms with Gasteiger partial charge >= 0.3 is 5.97 Å². The number of anilines is 1. The Hall–Kier alpha value is -3.29. The Morgan fingerprint density at radius 1 is 1.37 bits per heavy atom. The predicted molar refractivity (Wildman–Crippen MR) is 101 cm³/mol. The lowest BCUT2D eigenvalue weighted by molar-refractivity contribution is 0.0600. The van der Waals surface area contributed by atoms with Crippen LogP contribution < -0.4 is 10.5 Å². The first-order chi connectivity index (χ1) is 13.0. The molecular formula is C19H21N5O3. The average Bonchev–Trinajstić information content (AvgIpc) is 3.20. The summed E-state index contributed by atoms with van der Waals surface area (Å²) >= 11 is 0. The Kier molecular flexibility index (Phi) is 4.10. The molecule has 140 valence electrons. The van der Waals surface area contributed by atoms with Crippen LogP contribution in [-0.2, 0) is 11.3 Å². The maximum atomic E-state index is 11.8. The van der Waals surface area contributed by atoms with Crippen LogP contribution in [0.15, 0.2) is 30.6 Å². The molecule has 2 aromatic heterocycles. The van der Waals surface area contributed by atoms with E-state index in [-0.39, 0.29) is 6.04 Å². The van der Waals surface area contributed by atoms with Crippen LogP contribution in [0.2, 0.25) is 0 Å². The zero-order chi connectivity index (χ0) is 19.1. The number of nitrogen functional groups attached to an aromatic ring is 1. The van der Waals surface area contributed by atoms with Crippen molar-refractivity contribution in [2.24, 2.45) is 0 Å². The second-order valence-electron chi connectivity index (χ2n) is 6.68. The van der Waals surface area contributed by atoms with Crippen molar-refractivity contribution in [2.75, 3.05) is 19.5 Å². The fourth-order valence-electron chi connectivity index (χ4n) is 3.27. The zero-order valence-corrected chi connectivity index (χ0v) is 15.5. The van der Waals surface area contributed by atoms with Gasteiger partial charge in [-0.05, 0) is 32.0 Å². The van der Waals surface area contributed by atoms with Crippen LogP contribution in [0.5, 0.6) is 5.75 Å². The van der Waals surface area contributed by atoms with E-state index < -0.39 is 5.97 Å².